The zero-order valence-corrected chi connectivity index (χ0v) is 24.2. The Balaban J connectivity index is 1.23. The van der Waals surface area contributed by atoms with E-state index in [2.05, 4.69) is 41.9 Å². The van der Waals surface area contributed by atoms with Crippen LogP contribution < -0.4 is 21.3 Å². The molecule has 6 amide bonds. The van der Waals surface area contributed by atoms with Crippen molar-refractivity contribution in [3.8, 4) is 0 Å². The Morgan fingerprint density at radius 3 is 2.44 bits per heavy atom. The molecule has 1 aromatic heterocycles. The van der Waals surface area contributed by atoms with Gasteiger partial charge >= 0.3 is 18.0 Å². The highest BCUT2D eigenvalue weighted by Gasteiger charge is 2.59. The Bertz CT molecular complexity index is 1500. The van der Waals surface area contributed by atoms with Crippen LogP contribution in [0, 0.1) is 5.41 Å². The quantitative estimate of drug-likeness (QED) is 0.148. The molecule has 0 spiro atoms. The number of aliphatic carboxylic acids is 1. The van der Waals surface area contributed by atoms with Gasteiger partial charge in [-0.1, -0.05) is 67.2 Å². The van der Waals surface area contributed by atoms with Crippen molar-refractivity contribution < 1.29 is 29.1 Å². The van der Waals surface area contributed by atoms with Gasteiger partial charge in [-0.2, -0.15) is 5.21 Å². The van der Waals surface area contributed by atoms with E-state index in [-0.39, 0.29) is 12.3 Å². The Labute approximate surface area is 253 Å². The predicted octanol–water partition coefficient (Wildman–Crippen LogP) is 1.42. The number of rotatable bonds is 9. The topological polar surface area (TPSA) is 211 Å². The van der Waals surface area contributed by atoms with Crippen molar-refractivity contribution in [2.75, 3.05) is 17.6 Å². The maximum atomic E-state index is 13.4. The summed E-state index contributed by atoms with van der Waals surface area (Å²) in [7, 11) is 0. The molecule has 43 heavy (non-hydrogen) atoms. The second-order valence-corrected chi connectivity index (χ2v) is 12.2. The van der Waals surface area contributed by atoms with Crippen molar-refractivity contribution in [1.29, 1.82) is 0 Å². The first kappa shape index (κ1) is 29.8. The molecule has 5 rings (SSSR count). The van der Waals surface area contributed by atoms with Crippen LogP contribution in [0.25, 0.3) is 0 Å². The Morgan fingerprint density at radius 2 is 1.79 bits per heavy atom. The number of H-pyrrole nitrogens is 1. The number of nitrogens with zero attached hydrogens (tertiary/aromatic N) is 4. The summed E-state index contributed by atoms with van der Waals surface area (Å²) in [6.07, 6.45) is 0. The Morgan fingerprint density at radius 1 is 1.09 bits per heavy atom. The number of β-lactam (4-membered cyclic amide) rings is 1. The first-order chi connectivity index (χ1) is 20.7. The number of thioether (sulfide) groups is 2. The normalized spacial score (nSPS) is 22.3. The van der Waals surface area contributed by atoms with E-state index < -0.39 is 58.0 Å². The molecular weight excluding hydrogens is 598 g/mol. The van der Waals surface area contributed by atoms with Crippen LogP contribution in [0.4, 0.5) is 15.3 Å². The molecule has 0 aliphatic carbocycles. The van der Waals surface area contributed by atoms with E-state index in [0.717, 1.165) is 11.8 Å². The second-order valence-electron chi connectivity index (χ2n) is 9.83. The SMILES string of the molecule is CC(Sc1nn[nH]n1)C1(C(=O)O)CS[C@@H]2C(NC(=O)C(NC(=O)NC(=O)Nc3ccccc3)c3ccccc3)C(=O)N2C1. The number of carboxylic acid groups (broad SMARTS) is 1. The number of imide groups is 1. The van der Waals surface area contributed by atoms with Crippen molar-refractivity contribution in [1.82, 2.24) is 41.5 Å². The molecule has 2 fully saturated rings. The number of benzene rings is 2. The van der Waals surface area contributed by atoms with Crippen molar-refractivity contribution in [2.45, 2.75) is 34.8 Å². The van der Waals surface area contributed by atoms with Gasteiger partial charge in [-0.3, -0.25) is 19.7 Å². The minimum absolute atomic E-state index is 0.0590. The number of tetrazole rings is 1. The number of carboxylic acids is 1. The van der Waals surface area contributed by atoms with Crippen molar-refractivity contribution in [3.05, 3.63) is 66.2 Å². The van der Waals surface area contributed by atoms with Crippen molar-refractivity contribution in [3.63, 3.8) is 0 Å². The molecule has 2 aliphatic rings. The van der Waals surface area contributed by atoms with Crippen LogP contribution in [0.2, 0.25) is 0 Å². The summed E-state index contributed by atoms with van der Waals surface area (Å²) >= 11 is 2.40. The summed E-state index contributed by atoms with van der Waals surface area (Å²) in [5.74, 6) is -1.99. The summed E-state index contributed by atoms with van der Waals surface area (Å²) in [5, 5.41) is 32.9. The fourth-order valence-corrected chi connectivity index (χ4v) is 7.51. The third-order valence-electron chi connectivity index (χ3n) is 7.14. The average molecular weight is 626 g/mol. The number of nitrogens with one attached hydrogen (secondary N) is 5. The van der Waals surface area contributed by atoms with Crippen LogP contribution in [0.1, 0.15) is 18.5 Å². The molecular formula is C26H27N9O6S2. The Hall–Kier alpha value is -4.64. The number of aromatic amines is 1. The van der Waals surface area contributed by atoms with E-state index in [1.54, 1.807) is 67.6 Å². The molecule has 3 heterocycles. The molecule has 15 nitrogen and oxygen atoms in total. The van der Waals surface area contributed by atoms with Gasteiger partial charge in [0.15, 0.2) is 0 Å². The molecule has 224 valence electrons. The summed E-state index contributed by atoms with van der Waals surface area (Å²) in [4.78, 5) is 65.5. The minimum atomic E-state index is -1.29. The number of carbonyl (C=O) groups excluding carboxylic acids is 4. The molecule has 3 aromatic rings. The number of para-hydroxylation sites is 1. The molecule has 6 N–H and O–H groups in total. The predicted molar refractivity (Wildman–Crippen MR) is 156 cm³/mol. The molecule has 2 aromatic carbocycles. The summed E-state index contributed by atoms with van der Waals surface area (Å²) in [6, 6.07) is 13.0. The molecule has 5 atom stereocenters. The van der Waals surface area contributed by atoms with Gasteiger partial charge in [0, 0.05) is 23.2 Å². The van der Waals surface area contributed by atoms with Gasteiger partial charge in [-0.15, -0.1) is 22.0 Å². The number of aromatic nitrogens is 4. The monoisotopic (exact) mass is 625 g/mol. The molecule has 0 radical (unpaired) electrons. The molecule has 0 saturated carbocycles. The van der Waals surface area contributed by atoms with Crippen LogP contribution in [-0.4, -0.2) is 89.4 Å². The first-order valence-corrected chi connectivity index (χ1v) is 15.0. The number of urea groups is 2. The smallest absolute Gasteiger partial charge is 0.327 e. The first-order valence-electron chi connectivity index (χ1n) is 13.0. The third-order valence-corrected chi connectivity index (χ3v) is 9.88. The zero-order chi connectivity index (χ0) is 30.6. The lowest BCUT2D eigenvalue weighted by molar-refractivity contribution is -0.158. The van der Waals surface area contributed by atoms with Gasteiger partial charge < -0.3 is 26.0 Å². The highest BCUT2D eigenvalue weighted by Crippen LogP contribution is 2.47. The number of hydrogen-bond acceptors (Lipinski definition) is 10. The van der Waals surface area contributed by atoms with Crippen molar-refractivity contribution >= 4 is 59.1 Å². The van der Waals surface area contributed by atoms with E-state index >= 15 is 0 Å². The molecule has 0 bridgehead atoms. The zero-order valence-electron chi connectivity index (χ0n) is 22.6. The standard InChI is InChI=1S/C26H27N9O6S2/c1-14(43-25-31-33-34-32-25)26(22(38)39)12-35-20(37)18(21(35)42-13-26)28-19(36)17(15-8-4-2-5-9-15)29-24(41)30-23(40)27-16-10-6-3-7-11-16/h2-11,14,17-18,21H,12-13H2,1H3,(H,28,36)(H,38,39)(H,31,32,33,34)(H3,27,29,30,40,41)/t14?,17?,18?,21-,26?/m1/s1. The summed E-state index contributed by atoms with van der Waals surface area (Å²) < 4.78 is 0. The van der Waals surface area contributed by atoms with E-state index in [4.69, 9.17) is 0 Å². The lowest BCUT2D eigenvalue weighted by atomic mass is 9.84. The number of fused-ring (bicyclic) bond motifs is 1. The van der Waals surface area contributed by atoms with Crippen LogP contribution in [-0.2, 0) is 14.4 Å². The van der Waals surface area contributed by atoms with E-state index in [0.29, 0.717) is 16.4 Å². The van der Waals surface area contributed by atoms with E-state index in [1.807, 2.05) is 0 Å². The Kier molecular flexibility index (Phi) is 8.81. The lowest BCUT2D eigenvalue weighted by Gasteiger charge is -2.55. The second kappa shape index (κ2) is 12.7. The van der Waals surface area contributed by atoms with Crippen molar-refractivity contribution in [2.24, 2.45) is 5.41 Å². The molecule has 2 saturated heterocycles. The largest absolute Gasteiger partial charge is 0.481 e. The number of hydrogen-bond donors (Lipinski definition) is 6. The van der Waals surface area contributed by atoms with Gasteiger partial charge in [0.1, 0.15) is 22.9 Å². The van der Waals surface area contributed by atoms with Crippen LogP contribution in [0.3, 0.4) is 0 Å². The van der Waals surface area contributed by atoms with Gasteiger partial charge in [-0.25, -0.2) is 9.59 Å². The van der Waals surface area contributed by atoms with E-state index in [1.165, 1.54) is 16.7 Å². The van der Waals surface area contributed by atoms with Crippen LogP contribution in [0.5, 0.6) is 0 Å². The van der Waals surface area contributed by atoms with Gasteiger partial charge in [0.25, 0.3) is 0 Å². The van der Waals surface area contributed by atoms with Crippen LogP contribution >= 0.6 is 23.5 Å². The fourth-order valence-electron chi connectivity index (χ4n) is 4.75. The van der Waals surface area contributed by atoms with E-state index in [9.17, 15) is 29.1 Å². The minimum Gasteiger partial charge on any atom is -0.481 e. The lowest BCUT2D eigenvalue weighted by Crippen LogP contribution is -2.75. The maximum Gasteiger partial charge on any atom is 0.327 e. The highest BCUT2D eigenvalue weighted by atomic mass is 32.2. The van der Waals surface area contributed by atoms with Gasteiger partial charge in [0.05, 0.1) is 0 Å². The van der Waals surface area contributed by atoms with Crippen LogP contribution in [0.15, 0.2) is 65.8 Å². The maximum absolute atomic E-state index is 13.4. The molecule has 17 heteroatoms. The average Bonchev–Trinajstić information content (AvgIpc) is 3.52. The summed E-state index contributed by atoms with van der Waals surface area (Å²) in [6.45, 7) is 1.68. The summed E-state index contributed by atoms with van der Waals surface area (Å²) in [5.41, 5.74) is -0.391. The van der Waals surface area contributed by atoms with Gasteiger partial charge in [-0.05, 0) is 22.9 Å². The molecule has 2 aliphatic heterocycles. The number of amides is 6. The highest BCUT2D eigenvalue weighted by molar-refractivity contribution is 8.01. The fraction of sp³-hybridized carbons (Fsp3) is 0.308. The third kappa shape index (κ3) is 6.41. The molecule has 4 unspecified atom stereocenters. The number of carbonyl (C=O) groups is 5. The number of anilines is 1. The van der Waals surface area contributed by atoms with Gasteiger partial charge in [0.2, 0.25) is 17.0 Å².